The van der Waals surface area contributed by atoms with Gasteiger partial charge in [-0.05, 0) is 49.9 Å². The van der Waals surface area contributed by atoms with Gasteiger partial charge in [-0.1, -0.05) is 0 Å². The number of carbonyl (C=O) groups excluding carboxylic acids is 1. The van der Waals surface area contributed by atoms with Gasteiger partial charge >= 0.3 is 12.1 Å². The molecule has 1 aliphatic carbocycles. The minimum atomic E-state index is -4.40. The lowest BCUT2D eigenvalue weighted by Gasteiger charge is -2.27. The Morgan fingerprint density at radius 2 is 1.57 bits per heavy atom. The number of benzene rings is 1. The number of hydrogen-bond donors (Lipinski definition) is 0. The van der Waals surface area contributed by atoms with Crippen LogP contribution in [0.2, 0.25) is 0 Å². The van der Waals surface area contributed by atoms with Crippen LogP contribution in [0.5, 0.6) is 0 Å². The fourth-order valence-electron chi connectivity index (χ4n) is 2.40. The predicted octanol–water partition coefficient (Wildman–Crippen LogP) is 3.82. The maximum Gasteiger partial charge on any atom is 0.416 e. The predicted molar refractivity (Wildman–Crippen MR) is 69.9 cm³/mol. The molecule has 0 heterocycles. The van der Waals surface area contributed by atoms with Crippen LogP contribution in [0.25, 0.3) is 0 Å². The molecular formula is C15H17F3O3. The molecule has 116 valence electrons. The third kappa shape index (κ3) is 4.20. The molecule has 1 aromatic rings. The molecule has 1 aliphatic rings. The summed E-state index contributed by atoms with van der Waals surface area (Å²) < 4.78 is 47.9. The van der Waals surface area contributed by atoms with Crippen molar-refractivity contribution in [2.45, 2.75) is 44.1 Å². The number of rotatable bonds is 3. The quantitative estimate of drug-likeness (QED) is 0.796. The summed E-state index contributed by atoms with van der Waals surface area (Å²) in [7, 11) is 1.65. The average Bonchev–Trinajstić information content (AvgIpc) is 2.47. The van der Waals surface area contributed by atoms with Crippen molar-refractivity contribution in [3.05, 3.63) is 35.4 Å². The summed E-state index contributed by atoms with van der Waals surface area (Å²) in [6.07, 6.45) is -1.32. The number of ether oxygens (including phenoxy) is 2. The van der Waals surface area contributed by atoms with Gasteiger partial charge < -0.3 is 9.47 Å². The van der Waals surface area contributed by atoms with Crippen molar-refractivity contribution < 1.29 is 27.4 Å². The first-order valence-corrected chi connectivity index (χ1v) is 6.81. The zero-order valence-electron chi connectivity index (χ0n) is 11.7. The normalized spacial score (nSPS) is 22.9. The van der Waals surface area contributed by atoms with E-state index in [0.717, 1.165) is 37.1 Å². The third-order valence-electron chi connectivity index (χ3n) is 3.68. The first kappa shape index (κ1) is 15.8. The van der Waals surface area contributed by atoms with Crippen LogP contribution in [0.3, 0.4) is 0 Å². The molecule has 2 rings (SSSR count). The van der Waals surface area contributed by atoms with E-state index in [2.05, 4.69) is 0 Å². The Kier molecular flexibility index (Phi) is 4.88. The van der Waals surface area contributed by atoms with Gasteiger partial charge in [0.25, 0.3) is 0 Å². The van der Waals surface area contributed by atoms with Crippen LogP contribution < -0.4 is 0 Å². The largest absolute Gasteiger partial charge is 0.459 e. The highest BCUT2D eigenvalue weighted by atomic mass is 19.4. The van der Waals surface area contributed by atoms with Crippen LogP contribution >= 0.6 is 0 Å². The summed E-state index contributed by atoms with van der Waals surface area (Å²) >= 11 is 0. The maximum absolute atomic E-state index is 12.4. The third-order valence-corrected chi connectivity index (χ3v) is 3.68. The van der Waals surface area contributed by atoms with E-state index in [1.807, 2.05) is 0 Å². The van der Waals surface area contributed by atoms with Gasteiger partial charge in [-0.2, -0.15) is 13.2 Å². The summed E-state index contributed by atoms with van der Waals surface area (Å²) in [5.41, 5.74) is -0.642. The van der Waals surface area contributed by atoms with Crippen molar-refractivity contribution in [2.75, 3.05) is 7.11 Å². The van der Waals surface area contributed by atoms with Gasteiger partial charge in [0.05, 0.1) is 17.2 Å². The number of carbonyl (C=O) groups is 1. The van der Waals surface area contributed by atoms with E-state index in [1.165, 1.54) is 0 Å². The summed E-state index contributed by atoms with van der Waals surface area (Å²) in [5, 5.41) is 0. The van der Waals surface area contributed by atoms with E-state index in [-0.39, 0.29) is 17.8 Å². The molecule has 3 nitrogen and oxygen atoms in total. The summed E-state index contributed by atoms with van der Waals surface area (Å²) in [6, 6.07) is 4.06. The van der Waals surface area contributed by atoms with E-state index in [1.54, 1.807) is 7.11 Å². The second-order valence-electron chi connectivity index (χ2n) is 5.11. The second kappa shape index (κ2) is 6.47. The Hall–Kier alpha value is -1.56. The summed E-state index contributed by atoms with van der Waals surface area (Å²) in [6.45, 7) is 0. The number of halogens is 3. The summed E-state index contributed by atoms with van der Waals surface area (Å²) in [5.74, 6) is -0.579. The first-order chi connectivity index (χ1) is 9.90. The molecule has 0 unspecified atom stereocenters. The van der Waals surface area contributed by atoms with Crippen molar-refractivity contribution in [1.29, 1.82) is 0 Å². The number of alkyl halides is 3. The zero-order chi connectivity index (χ0) is 15.5. The molecule has 1 fully saturated rings. The van der Waals surface area contributed by atoms with Crippen molar-refractivity contribution in [3.63, 3.8) is 0 Å². The van der Waals surface area contributed by atoms with Crippen LogP contribution in [0.15, 0.2) is 24.3 Å². The van der Waals surface area contributed by atoms with Crippen LogP contribution in [0.1, 0.15) is 41.6 Å². The Balaban J connectivity index is 1.92. The molecule has 0 atom stereocenters. The van der Waals surface area contributed by atoms with Gasteiger partial charge in [0.1, 0.15) is 6.10 Å². The lowest BCUT2D eigenvalue weighted by atomic mass is 9.95. The number of hydrogen-bond acceptors (Lipinski definition) is 3. The molecule has 0 aromatic heterocycles. The van der Waals surface area contributed by atoms with Crippen molar-refractivity contribution >= 4 is 5.97 Å². The molecule has 0 spiro atoms. The molecular weight excluding hydrogens is 285 g/mol. The second-order valence-corrected chi connectivity index (χ2v) is 5.11. The van der Waals surface area contributed by atoms with Gasteiger partial charge in [-0.3, -0.25) is 0 Å². The Labute approximate surface area is 121 Å². The number of esters is 1. The maximum atomic E-state index is 12.4. The van der Waals surface area contributed by atoms with Crippen LogP contribution in [-0.2, 0) is 15.7 Å². The molecule has 6 heteroatoms. The number of methoxy groups -OCH3 is 1. The Morgan fingerprint density at radius 1 is 1.05 bits per heavy atom. The van der Waals surface area contributed by atoms with Crippen LogP contribution in [0.4, 0.5) is 13.2 Å². The molecule has 0 aliphatic heterocycles. The van der Waals surface area contributed by atoms with Gasteiger partial charge in [-0.15, -0.1) is 0 Å². The molecule has 0 amide bonds. The molecule has 0 bridgehead atoms. The van der Waals surface area contributed by atoms with E-state index in [4.69, 9.17) is 9.47 Å². The van der Waals surface area contributed by atoms with Gasteiger partial charge in [0.2, 0.25) is 0 Å². The van der Waals surface area contributed by atoms with E-state index in [9.17, 15) is 18.0 Å². The molecule has 1 saturated carbocycles. The van der Waals surface area contributed by atoms with Crippen molar-refractivity contribution in [2.24, 2.45) is 0 Å². The highest BCUT2D eigenvalue weighted by Gasteiger charge is 2.30. The molecule has 0 N–H and O–H groups in total. The van der Waals surface area contributed by atoms with E-state index in [0.29, 0.717) is 12.8 Å². The van der Waals surface area contributed by atoms with Gasteiger partial charge in [0, 0.05) is 7.11 Å². The minimum absolute atomic E-state index is 0.136. The van der Waals surface area contributed by atoms with Crippen LogP contribution in [0, 0.1) is 0 Å². The summed E-state index contributed by atoms with van der Waals surface area (Å²) in [4.78, 5) is 11.9. The fourth-order valence-corrected chi connectivity index (χ4v) is 2.40. The molecule has 1 aromatic carbocycles. The lowest BCUT2D eigenvalue weighted by Crippen LogP contribution is -2.27. The smallest absolute Gasteiger partial charge is 0.416 e. The molecule has 0 saturated heterocycles. The molecule has 0 radical (unpaired) electrons. The highest BCUT2D eigenvalue weighted by Crippen LogP contribution is 2.29. The standard InChI is InChI=1S/C15H17F3O3/c1-20-12-6-8-13(9-7-12)21-14(19)10-2-4-11(5-3-10)15(16,17)18/h2-5,12-13H,6-9H2,1H3. The van der Waals surface area contributed by atoms with E-state index >= 15 is 0 Å². The Morgan fingerprint density at radius 3 is 2.05 bits per heavy atom. The van der Waals surface area contributed by atoms with Gasteiger partial charge in [0.15, 0.2) is 0 Å². The SMILES string of the molecule is COC1CCC(OC(=O)c2ccc(C(F)(F)F)cc2)CC1. The minimum Gasteiger partial charge on any atom is -0.459 e. The Bertz CT molecular complexity index is 474. The van der Waals surface area contributed by atoms with Crippen molar-refractivity contribution in [3.8, 4) is 0 Å². The van der Waals surface area contributed by atoms with Gasteiger partial charge in [-0.25, -0.2) is 4.79 Å². The lowest BCUT2D eigenvalue weighted by molar-refractivity contribution is -0.137. The average molecular weight is 302 g/mol. The highest BCUT2D eigenvalue weighted by molar-refractivity contribution is 5.89. The topological polar surface area (TPSA) is 35.5 Å². The first-order valence-electron chi connectivity index (χ1n) is 6.81. The van der Waals surface area contributed by atoms with Crippen molar-refractivity contribution in [1.82, 2.24) is 0 Å². The molecule has 21 heavy (non-hydrogen) atoms. The van der Waals surface area contributed by atoms with Crippen LogP contribution in [-0.4, -0.2) is 25.3 Å². The monoisotopic (exact) mass is 302 g/mol. The zero-order valence-corrected chi connectivity index (χ0v) is 11.7. The fraction of sp³-hybridized carbons (Fsp3) is 0.533. The van der Waals surface area contributed by atoms with E-state index < -0.39 is 17.7 Å².